The van der Waals surface area contributed by atoms with Crippen LogP contribution in [0.15, 0.2) is 18.2 Å². The Hall–Kier alpha value is -2.10. The molecule has 0 aromatic heterocycles. The van der Waals surface area contributed by atoms with Crippen LogP contribution in [0.4, 0.5) is 10.5 Å². The lowest BCUT2D eigenvalue weighted by Gasteiger charge is -2.56. The summed E-state index contributed by atoms with van der Waals surface area (Å²) in [4.78, 5) is 14.3. The Morgan fingerprint density at radius 1 is 1.48 bits per heavy atom. The molecule has 6 heteroatoms. The summed E-state index contributed by atoms with van der Waals surface area (Å²) in [6, 6.07) is 7.28. The molecule has 1 aromatic carbocycles. The van der Waals surface area contributed by atoms with E-state index in [2.05, 4.69) is 11.4 Å². The molecule has 1 saturated carbocycles. The monoisotopic (exact) mass is 343 g/mol. The van der Waals surface area contributed by atoms with Crippen molar-refractivity contribution in [3.05, 3.63) is 29.3 Å². The summed E-state index contributed by atoms with van der Waals surface area (Å²) in [5.41, 5.74) is 1.81. The van der Waals surface area contributed by atoms with Gasteiger partial charge in [-0.15, -0.1) is 0 Å². The molecule has 6 nitrogen and oxygen atoms in total. The van der Waals surface area contributed by atoms with Gasteiger partial charge in [-0.2, -0.15) is 5.26 Å². The van der Waals surface area contributed by atoms with E-state index < -0.39 is 0 Å². The van der Waals surface area contributed by atoms with Gasteiger partial charge >= 0.3 is 6.03 Å². The topological polar surface area (TPSA) is 85.6 Å². The Labute approximate surface area is 148 Å². The van der Waals surface area contributed by atoms with E-state index >= 15 is 0 Å². The van der Waals surface area contributed by atoms with Crippen molar-refractivity contribution in [2.75, 3.05) is 25.0 Å². The van der Waals surface area contributed by atoms with E-state index in [-0.39, 0.29) is 23.7 Å². The smallest absolute Gasteiger partial charge is 0.321 e. The van der Waals surface area contributed by atoms with Crippen LogP contribution >= 0.6 is 0 Å². The second-order valence-electron chi connectivity index (χ2n) is 6.94. The number of aliphatic hydroxyl groups is 1. The molecule has 25 heavy (non-hydrogen) atoms. The van der Waals surface area contributed by atoms with E-state index in [0.29, 0.717) is 37.4 Å². The number of hydrogen-bond donors (Lipinski definition) is 2. The number of hydrogen-bond acceptors (Lipinski definition) is 4. The predicted octanol–water partition coefficient (Wildman–Crippen LogP) is 2.65. The second-order valence-corrected chi connectivity index (χ2v) is 6.94. The molecule has 2 aliphatic rings. The van der Waals surface area contributed by atoms with Gasteiger partial charge in [-0.25, -0.2) is 4.79 Å². The Morgan fingerprint density at radius 3 is 2.80 bits per heavy atom. The molecule has 1 aromatic rings. The third-order valence-corrected chi connectivity index (χ3v) is 5.79. The van der Waals surface area contributed by atoms with Crippen molar-refractivity contribution in [2.45, 2.75) is 45.3 Å². The SMILES string of the molecule is CCO[C@H]1C[C@@H](O)C12CCN(C(=O)Nc1cccc(C#N)c1C)CC2. The summed E-state index contributed by atoms with van der Waals surface area (Å²) >= 11 is 0. The molecule has 1 heterocycles. The lowest BCUT2D eigenvalue weighted by molar-refractivity contribution is -0.207. The summed E-state index contributed by atoms with van der Waals surface area (Å²) < 4.78 is 5.76. The van der Waals surface area contributed by atoms with Crippen molar-refractivity contribution < 1.29 is 14.6 Å². The Kier molecular flexibility index (Phi) is 4.98. The minimum atomic E-state index is -0.330. The molecule has 3 rings (SSSR count). The zero-order valence-corrected chi connectivity index (χ0v) is 14.8. The van der Waals surface area contributed by atoms with Gasteiger partial charge in [0.1, 0.15) is 0 Å². The first-order valence-electron chi connectivity index (χ1n) is 8.87. The maximum Gasteiger partial charge on any atom is 0.321 e. The highest BCUT2D eigenvalue weighted by molar-refractivity contribution is 5.90. The van der Waals surface area contributed by atoms with Crippen LogP contribution < -0.4 is 5.32 Å². The van der Waals surface area contributed by atoms with Crippen LogP contribution in [-0.4, -0.2) is 47.9 Å². The van der Waals surface area contributed by atoms with E-state index in [4.69, 9.17) is 10.00 Å². The molecule has 1 spiro atoms. The van der Waals surface area contributed by atoms with Gasteiger partial charge in [0.2, 0.25) is 0 Å². The third-order valence-electron chi connectivity index (χ3n) is 5.79. The number of urea groups is 1. The van der Waals surface area contributed by atoms with Crippen LogP contribution in [-0.2, 0) is 4.74 Å². The van der Waals surface area contributed by atoms with Crippen LogP contribution in [0.2, 0.25) is 0 Å². The molecule has 1 aliphatic heterocycles. The number of likely N-dealkylation sites (tertiary alicyclic amines) is 1. The quantitative estimate of drug-likeness (QED) is 0.883. The van der Waals surface area contributed by atoms with E-state index in [9.17, 15) is 9.90 Å². The molecule has 0 bridgehead atoms. The van der Waals surface area contributed by atoms with Crippen LogP contribution in [0, 0.1) is 23.7 Å². The van der Waals surface area contributed by atoms with Crippen LogP contribution in [0.5, 0.6) is 0 Å². The van der Waals surface area contributed by atoms with E-state index in [1.54, 1.807) is 23.1 Å². The Morgan fingerprint density at radius 2 is 2.20 bits per heavy atom. The fraction of sp³-hybridized carbons (Fsp3) is 0.579. The zero-order valence-electron chi connectivity index (χ0n) is 14.8. The van der Waals surface area contributed by atoms with E-state index in [1.807, 2.05) is 13.8 Å². The Bertz CT molecular complexity index is 688. The predicted molar refractivity (Wildman–Crippen MR) is 94.2 cm³/mol. The van der Waals surface area contributed by atoms with Crippen LogP contribution in [0.25, 0.3) is 0 Å². The number of benzene rings is 1. The van der Waals surface area contributed by atoms with Gasteiger partial charge in [0, 0.05) is 37.2 Å². The van der Waals surface area contributed by atoms with Crippen molar-refractivity contribution in [1.29, 1.82) is 5.26 Å². The number of piperidine rings is 1. The highest BCUT2D eigenvalue weighted by Crippen LogP contribution is 2.50. The number of nitriles is 1. The average molecular weight is 343 g/mol. The number of carbonyl (C=O) groups excluding carboxylic acids is 1. The van der Waals surface area contributed by atoms with Gasteiger partial charge in [-0.05, 0) is 44.4 Å². The third kappa shape index (κ3) is 3.10. The molecular formula is C19H25N3O3. The minimum Gasteiger partial charge on any atom is -0.392 e. The molecule has 2 amide bonds. The lowest BCUT2D eigenvalue weighted by Crippen LogP contribution is -2.63. The van der Waals surface area contributed by atoms with Gasteiger partial charge in [-0.3, -0.25) is 0 Å². The molecule has 1 saturated heterocycles. The molecule has 2 fully saturated rings. The first-order valence-corrected chi connectivity index (χ1v) is 8.87. The molecule has 1 aliphatic carbocycles. The molecule has 0 unspecified atom stereocenters. The molecule has 2 atom stereocenters. The summed E-state index contributed by atoms with van der Waals surface area (Å²) in [6.45, 7) is 5.65. The number of nitrogens with one attached hydrogen (secondary N) is 1. The second kappa shape index (κ2) is 7.03. The van der Waals surface area contributed by atoms with Gasteiger partial charge < -0.3 is 20.1 Å². The maximum absolute atomic E-state index is 12.6. The van der Waals surface area contributed by atoms with Crippen molar-refractivity contribution in [3.8, 4) is 6.07 Å². The molecule has 2 N–H and O–H groups in total. The number of amides is 2. The normalized spacial score (nSPS) is 24.5. The van der Waals surface area contributed by atoms with Gasteiger partial charge in [0.05, 0.1) is 23.8 Å². The largest absolute Gasteiger partial charge is 0.392 e. The Balaban J connectivity index is 1.62. The molecule has 0 radical (unpaired) electrons. The summed E-state index contributed by atoms with van der Waals surface area (Å²) in [5, 5.41) is 22.3. The fourth-order valence-corrected chi connectivity index (χ4v) is 4.03. The minimum absolute atomic E-state index is 0.104. The summed E-state index contributed by atoms with van der Waals surface area (Å²) in [6.07, 6.45) is 1.98. The first-order chi connectivity index (χ1) is 12.0. The first kappa shape index (κ1) is 17.7. The number of anilines is 1. The summed E-state index contributed by atoms with van der Waals surface area (Å²) in [5.74, 6) is 0. The lowest BCUT2D eigenvalue weighted by atomic mass is 9.58. The maximum atomic E-state index is 12.6. The van der Waals surface area contributed by atoms with Crippen molar-refractivity contribution in [1.82, 2.24) is 4.90 Å². The van der Waals surface area contributed by atoms with E-state index in [0.717, 1.165) is 18.4 Å². The fourth-order valence-electron chi connectivity index (χ4n) is 4.03. The molecule has 134 valence electrons. The number of rotatable bonds is 3. The number of ether oxygens (including phenoxy) is 1. The highest BCUT2D eigenvalue weighted by Gasteiger charge is 2.56. The number of aliphatic hydroxyl groups excluding tert-OH is 1. The van der Waals surface area contributed by atoms with Gasteiger partial charge in [0.15, 0.2) is 0 Å². The number of nitrogens with zero attached hydrogens (tertiary/aromatic N) is 2. The number of carbonyl (C=O) groups is 1. The van der Waals surface area contributed by atoms with Crippen molar-refractivity contribution in [3.63, 3.8) is 0 Å². The average Bonchev–Trinajstić information content (AvgIpc) is 2.63. The van der Waals surface area contributed by atoms with E-state index in [1.165, 1.54) is 0 Å². The van der Waals surface area contributed by atoms with Crippen LogP contribution in [0.1, 0.15) is 37.3 Å². The van der Waals surface area contributed by atoms with Crippen molar-refractivity contribution >= 4 is 11.7 Å². The van der Waals surface area contributed by atoms with Crippen LogP contribution in [0.3, 0.4) is 0 Å². The highest BCUT2D eigenvalue weighted by atomic mass is 16.5. The van der Waals surface area contributed by atoms with Gasteiger partial charge in [0.25, 0.3) is 0 Å². The summed E-state index contributed by atoms with van der Waals surface area (Å²) in [7, 11) is 0. The zero-order chi connectivity index (χ0) is 18.0. The molecular weight excluding hydrogens is 318 g/mol. The standard InChI is InChI=1S/C19H25N3O3/c1-3-25-17-11-16(23)19(17)7-9-22(10-8-19)18(24)21-15-6-4-5-14(12-20)13(15)2/h4-6,16-17,23H,3,7-11H2,1-2H3,(H,21,24)/t16-,17+/m1/s1. The van der Waals surface area contributed by atoms with Crippen molar-refractivity contribution in [2.24, 2.45) is 5.41 Å². The van der Waals surface area contributed by atoms with Gasteiger partial charge in [-0.1, -0.05) is 6.07 Å².